The highest BCUT2D eigenvalue weighted by atomic mass is 35.5. The van der Waals surface area contributed by atoms with Crippen molar-refractivity contribution in [2.24, 2.45) is 5.73 Å². The third kappa shape index (κ3) is 1.69. The Hall–Kier alpha value is -1.10. The molecule has 1 atom stereocenters. The summed E-state index contributed by atoms with van der Waals surface area (Å²) in [5.74, 6) is -0.156. The fourth-order valence-electron chi connectivity index (χ4n) is 1.93. The molecule has 2 rings (SSSR count). The largest absolute Gasteiger partial charge is 0.396 e. The standard InChI is InChI=1S/C11H13ClN2O2/c12-8-4-1-3-7-9(13)11(16)14(10(7)8)5-2-6-15/h1,3-4,9,15H,2,5-6,13H2. The zero-order chi connectivity index (χ0) is 11.7. The van der Waals surface area contributed by atoms with Gasteiger partial charge in [-0.25, -0.2) is 0 Å². The molecule has 0 spiro atoms. The lowest BCUT2D eigenvalue weighted by Crippen LogP contribution is -2.32. The van der Waals surface area contributed by atoms with Crippen LogP contribution in [0.1, 0.15) is 18.0 Å². The Kier molecular flexibility index (Phi) is 3.14. The predicted octanol–water partition coefficient (Wildman–Crippen LogP) is 1.07. The van der Waals surface area contributed by atoms with Crippen molar-refractivity contribution in [3.05, 3.63) is 28.8 Å². The summed E-state index contributed by atoms with van der Waals surface area (Å²) in [6.45, 7) is 0.485. The maximum atomic E-state index is 11.9. The van der Waals surface area contributed by atoms with Crippen molar-refractivity contribution in [2.75, 3.05) is 18.1 Å². The average Bonchev–Trinajstić information content (AvgIpc) is 2.52. The lowest BCUT2D eigenvalue weighted by Gasteiger charge is -2.17. The lowest BCUT2D eigenvalue weighted by atomic mass is 10.1. The van der Waals surface area contributed by atoms with Gasteiger partial charge < -0.3 is 15.7 Å². The molecule has 0 saturated carbocycles. The molecule has 1 amide bonds. The van der Waals surface area contributed by atoms with Gasteiger partial charge in [-0.1, -0.05) is 23.7 Å². The van der Waals surface area contributed by atoms with Gasteiger partial charge in [-0.3, -0.25) is 4.79 Å². The molecule has 1 aromatic carbocycles. The van der Waals surface area contributed by atoms with Crippen molar-refractivity contribution in [1.82, 2.24) is 0 Å². The molecule has 86 valence electrons. The van der Waals surface area contributed by atoms with E-state index in [-0.39, 0.29) is 12.5 Å². The molecule has 16 heavy (non-hydrogen) atoms. The number of hydrogen-bond acceptors (Lipinski definition) is 3. The van der Waals surface area contributed by atoms with E-state index in [1.807, 2.05) is 6.07 Å². The Balaban J connectivity index is 2.39. The molecule has 1 aromatic rings. The highest BCUT2D eigenvalue weighted by Gasteiger charge is 2.35. The van der Waals surface area contributed by atoms with E-state index < -0.39 is 6.04 Å². The van der Waals surface area contributed by atoms with Crippen molar-refractivity contribution in [3.8, 4) is 0 Å². The quantitative estimate of drug-likeness (QED) is 0.831. The monoisotopic (exact) mass is 240 g/mol. The van der Waals surface area contributed by atoms with Crippen LogP contribution in [0.15, 0.2) is 18.2 Å². The van der Waals surface area contributed by atoms with E-state index in [0.29, 0.717) is 23.7 Å². The number of amides is 1. The van der Waals surface area contributed by atoms with Crippen LogP contribution in [0.25, 0.3) is 0 Å². The van der Waals surface area contributed by atoms with Gasteiger partial charge in [0, 0.05) is 18.7 Å². The number of carbonyl (C=O) groups is 1. The van der Waals surface area contributed by atoms with Crippen LogP contribution in [0.2, 0.25) is 5.02 Å². The Morgan fingerprint density at radius 3 is 2.94 bits per heavy atom. The fraction of sp³-hybridized carbons (Fsp3) is 0.364. The van der Waals surface area contributed by atoms with E-state index in [9.17, 15) is 4.79 Å². The van der Waals surface area contributed by atoms with Crippen LogP contribution in [-0.4, -0.2) is 24.2 Å². The smallest absolute Gasteiger partial charge is 0.248 e. The summed E-state index contributed by atoms with van der Waals surface area (Å²) >= 11 is 6.06. The molecule has 0 fully saturated rings. The maximum Gasteiger partial charge on any atom is 0.248 e. The Labute approximate surface area is 98.6 Å². The van der Waals surface area contributed by atoms with Crippen LogP contribution in [0.3, 0.4) is 0 Å². The molecule has 1 aliphatic heterocycles. The Morgan fingerprint density at radius 1 is 1.50 bits per heavy atom. The molecule has 1 aliphatic rings. The number of aliphatic hydroxyl groups excluding tert-OH is 1. The Morgan fingerprint density at radius 2 is 2.25 bits per heavy atom. The second-order valence-electron chi connectivity index (χ2n) is 3.72. The van der Waals surface area contributed by atoms with E-state index in [4.69, 9.17) is 22.4 Å². The zero-order valence-corrected chi connectivity index (χ0v) is 9.44. The fourth-order valence-corrected chi connectivity index (χ4v) is 2.21. The molecule has 4 nitrogen and oxygen atoms in total. The number of rotatable bonds is 3. The van der Waals surface area contributed by atoms with Crippen molar-refractivity contribution >= 4 is 23.2 Å². The topological polar surface area (TPSA) is 66.6 Å². The number of aliphatic hydroxyl groups is 1. The average molecular weight is 241 g/mol. The highest BCUT2D eigenvalue weighted by molar-refractivity contribution is 6.34. The number of nitrogens with two attached hydrogens (primary N) is 1. The third-order valence-electron chi connectivity index (χ3n) is 2.69. The summed E-state index contributed by atoms with van der Waals surface area (Å²) < 4.78 is 0. The van der Waals surface area contributed by atoms with Crippen molar-refractivity contribution in [3.63, 3.8) is 0 Å². The third-order valence-corrected chi connectivity index (χ3v) is 3.00. The Bertz CT molecular complexity index is 422. The molecular formula is C11H13ClN2O2. The van der Waals surface area contributed by atoms with Gasteiger partial charge in [0.15, 0.2) is 0 Å². The first-order valence-electron chi connectivity index (χ1n) is 5.13. The molecule has 3 N–H and O–H groups in total. The molecule has 0 bridgehead atoms. The van der Waals surface area contributed by atoms with Crippen LogP contribution in [0.4, 0.5) is 5.69 Å². The van der Waals surface area contributed by atoms with Crippen LogP contribution >= 0.6 is 11.6 Å². The first-order chi connectivity index (χ1) is 7.66. The molecule has 1 unspecified atom stereocenters. The summed E-state index contributed by atoms with van der Waals surface area (Å²) in [4.78, 5) is 13.4. The normalized spacial score (nSPS) is 19.1. The predicted molar refractivity (Wildman–Crippen MR) is 62.4 cm³/mol. The summed E-state index contributed by atoms with van der Waals surface area (Å²) in [5, 5.41) is 9.32. The first-order valence-corrected chi connectivity index (χ1v) is 5.51. The van der Waals surface area contributed by atoms with Crippen molar-refractivity contribution in [2.45, 2.75) is 12.5 Å². The van der Waals surface area contributed by atoms with Crippen molar-refractivity contribution < 1.29 is 9.90 Å². The number of fused-ring (bicyclic) bond motifs is 1. The van der Waals surface area contributed by atoms with Gasteiger partial charge in [0.1, 0.15) is 6.04 Å². The van der Waals surface area contributed by atoms with Crippen LogP contribution < -0.4 is 10.6 Å². The van der Waals surface area contributed by atoms with Gasteiger partial charge in [-0.15, -0.1) is 0 Å². The molecule has 0 radical (unpaired) electrons. The van der Waals surface area contributed by atoms with E-state index >= 15 is 0 Å². The second kappa shape index (κ2) is 4.41. The number of para-hydroxylation sites is 1. The van der Waals surface area contributed by atoms with E-state index in [1.165, 1.54) is 0 Å². The van der Waals surface area contributed by atoms with Crippen molar-refractivity contribution in [1.29, 1.82) is 0 Å². The maximum absolute atomic E-state index is 11.9. The zero-order valence-electron chi connectivity index (χ0n) is 8.69. The molecule has 0 aromatic heterocycles. The number of anilines is 1. The van der Waals surface area contributed by atoms with Gasteiger partial charge in [0.2, 0.25) is 5.91 Å². The first kappa shape index (κ1) is 11.4. The van der Waals surface area contributed by atoms with Gasteiger partial charge in [0.05, 0.1) is 10.7 Å². The number of carbonyl (C=O) groups excluding carboxylic acids is 1. The van der Waals surface area contributed by atoms with E-state index in [2.05, 4.69) is 0 Å². The number of benzene rings is 1. The lowest BCUT2D eigenvalue weighted by molar-refractivity contribution is -0.119. The molecular weight excluding hydrogens is 228 g/mol. The van der Waals surface area contributed by atoms with Gasteiger partial charge in [0.25, 0.3) is 0 Å². The van der Waals surface area contributed by atoms with Crippen LogP contribution in [0.5, 0.6) is 0 Å². The SMILES string of the molecule is NC1C(=O)N(CCCO)c2c(Cl)cccc21. The second-order valence-corrected chi connectivity index (χ2v) is 4.13. The highest BCUT2D eigenvalue weighted by Crippen LogP contribution is 2.39. The van der Waals surface area contributed by atoms with Crippen LogP contribution in [-0.2, 0) is 4.79 Å². The van der Waals surface area contributed by atoms with Gasteiger partial charge in [-0.05, 0) is 12.5 Å². The van der Waals surface area contributed by atoms with Gasteiger partial charge >= 0.3 is 0 Å². The minimum Gasteiger partial charge on any atom is -0.396 e. The minimum absolute atomic E-state index is 0.0405. The summed E-state index contributed by atoms with van der Waals surface area (Å²) in [7, 11) is 0. The molecule has 5 heteroatoms. The number of halogens is 1. The van der Waals surface area contributed by atoms with E-state index in [0.717, 1.165) is 5.56 Å². The summed E-state index contributed by atoms with van der Waals surface area (Å²) in [5.41, 5.74) is 7.26. The molecule has 0 saturated heterocycles. The van der Waals surface area contributed by atoms with E-state index in [1.54, 1.807) is 17.0 Å². The van der Waals surface area contributed by atoms with Gasteiger partial charge in [-0.2, -0.15) is 0 Å². The number of hydrogen-bond donors (Lipinski definition) is 2. The summed E-state index contributed by atoms with van der Waals surface area (Å²) in [6, 6.07) is 4.69. The minimum atomic E-state index is -0.632. The van der Waals surface area contributed by atoms with Crippen LogP contribution in [0, 0.1) is 0 Å². The summed E-state index contributed by atoms with van der Waals surface area (Å²) in [6.07, 6.45) is 0.517. The molecule has 1 heterocycles. The number of nitrogens with zero attached hydrogens (tertiary/aromatic N) is 1. The molecule has 0 aliphatic carbocycles.